The maximum atomic E-state index is 13.2. The van der Waals surface area contributed by atoms with E-state index in [1.807, 2.05) is 0 Å². The third-order valence-corrected chi connectivity index (χ3v) is 2.69. The fourth-order valence-electron chi connectivity index (χ4n) is 1.02. The van der Waals surface area contributed by atoms with Crippen LogP contribution in [0.15, 0.2) is 17.0 Å². The Kier molecular flexibility index (Phi) is 3.93. The first kappa shape index (κ1) is 11.8. The van der Waals surface area contributed by atoms with Crippen molar-refractivity contribution in [2.75, 3.05) is 18.1 Å². The van der Waals surface area contributed by atoms with Gasteiger partial charge in [0.1, 0.15) is 5.82 Å². The third-order valence-electron chi connectivity index (χ3n) is 1.68. The van der Waals surface area contributed by atoms with Crippen molar-refractivity contribution >= 4 is 23.4 Å². The number of anilines is 1. The lowest BCUT2D eigenvalue weighted by Gasteiger charge is -2.06. The molecule has 0 aliphatic heterocycles. The number of benzene rings is 1. The second-order valence-corrected chi connectivity index (χ2v) is 3.88. The molecular weight excluding hydrogens is 221 g/mol. The predicted molar refractivity (Wildman–Crippen MR) is 55.6 cm³/mol. The summed E-state index contributed by atoms with van der Waals surface area (Å²) in [6.07, 6.45) is 0. The van der Waals surface area contributed by atoms with Crippen LogP contribution in [-0.4, -0.2) is 28.5 Å². The lowest BCUT2D eigenvalue weighted by Crippen LogP contribution is -2.04. The van der Waals surface area contributed by atoms with Crippen LogP contribution in [0.5, 0.6) is 0 Å². The van der Waals surface area contributed by atoms with Crippen molar-refractivity contribution in [1.82, 2.24) is 0 Å². The minimum absolute atomic E-state index is 0.100. The van der Waals surface area contributed by atoms with Gasteiger partial charge in [-0.2, -0.15) is 0 Å². The average Bonchev–Trinajstić information content (AvgIpc) is 2.16. The highest BCUT2D eigenvalue weighted by atomic mass is 32.2. The summed E-state index contributed by atoms with van der Waals surface area (Å²) in [5.41, 5.74) is 5.11. The fourth-order valence-corrected chi connectivity index (χ4v) is 1.73. The first-order valence-corrected chi connectivity index (χ1v) is 5.10. The Balaban J connectivity index is 3.06. The van der Waals surface area contributed by atoms with Gasteiger partial charge in [-0.1, -0.05) is 0 Å². The lowest BCUT2D eigenvalue weighted by molar-refractivity contribution is 0.0697. The van der Waals surface area contributed by atoms with E-state index in [9.17, 15) is 9.18 Å². The molecule has 1 aromatic rings. The Labute approximate surface area is 89.9 Å². The molecule has 1 rings (SSSR count). The number of carboxylic acid groups (broad SMARTS) is 1. The Morgan fingerprint density at radius 2 is 2.20 bits per heavy atom. The van der Waals surface area contributed by atoms with E-state index < -0.39 is 11.8 Å². The number of nitrogen functional groups attached to an aromatic ring is 1. The Bertz CT molecular complexity index is 384. The van der Waals surface area contributed by atoms with Crippen LogP contribution in [0.4, 0.5) is 10.1 Å². The van der Waals surface area contributed by atoms with Crippen LogP contribution < -0.4 is 5.73 Å². The Morgan fingerprint density at radius 3 is 2.73 bits per heavy atom. The van der Waals surface area contributed by atoms with E-state index in [-0.39, 0.29) is 22.8 Å². The topological polar surface area (TPSA) is 83.5 Å². The minimum Gasteiger partial charge on any atom is -0.478 e. The summed E-state index contributed by atoms with van der Waals surface area (Å²) in [5.74, 6) is -1.46. The van der Waals surface area contributed by atoms with Crippen LogP contribution in [0.2, 0.25) is 0 Å². The van der Waals surface area contributed by atoms with Crippen molar-refractivity contribution in [3.63, 3.8) is 0 Å². The number of hydrogen-bond acceptors (Lipinski definition) is 4. The van der Waals surface area contributed by atoms with Crippen LogP contribution in [0.25, 0.3) is 0 Å². The van der Waals surface area contributed by atoms with Gasteiger partial charge < -0.3 is 15.9 Å². The predicted octanol–water partition coefficient (Wildman–Crippen LogP) is 1.19. The summed E-state index contributed by atoms with van der Waals surface area (Å²) in [7, 11) is 0. The first-order valence-electron chi connectivity index (χ1n) is 4.12. The molecule has 0 bridgehead atoms. The van der Waals surface area contributed by atoms with Crippen LogP contribution in [-0.2, 0) is 0 Å². The van der Waals surface area contributed by atoms with E-state index in [1.54, 1.807) is 0 Å². The highest BCUT2D eigenvalue weighted by Crippen LogP contribution is 2.26. The number of carbonyl (C=O) groups is 1. The molecule has 0 heterocycles. The zero-order valence-electron chi connectivity index (χ0n) is 7.74. The lowest BCUT2D eigenvalue weighted by atomic mass is 10.2. The summed E-state index contributed by atoms with van der Waals surface area (Å²) in [6.45, 7) is -0.100. The highest BCUT2D eigenvalue weighted by molar-refractivity contribution is 7.99. The molecular formula is C9H10FNO3S. The molecule has 1 aromatic carbocycles. The highest BCUT2D eigenvalue weighted by Gasteiger charge is 2.13. The average molecular weight is 231 g/mol. The van der Waals surface area contributed by atoms with Crippen molar-refractivity contribution in [3.8, 4) is 0 Å². The molecule has 0 aromatic heterocycles. The SMILES string of the molecule is Nc1cc(F)c(SCCO)cc1C(=O)O. The smallest absolute Gasteiger partial charge is 0.337 e. The molecule has 0 aliphatic rings. The number of aromatic carboxylic acids is 1. The van der Waals surface area contributed by atoms with E-state index >= 15 is 0 Å². The second kappa shape index (κ2) is 4.99. The van der Waals surface area contributed by atoms with Gasteiger partial charge in [-0.3, -0.25) is 0 Å². The standard InChI is InChI=1S/C9H10FNO3S/c10-6-4-7(11)5(9(13)14)3-8(6)15-2-1-12/h3-4,12H,1-2,11H2,(H,13,14). The molecule has 0 fully saturated rings. The van der Waals surface area contributed by atoms with E-state index in [1.165, 1.54) is 6.07 Å². The van der Waals surface area contributed by atoms with Crippen molar-refractivity contribution in [2.24, 2.45) is 0 Å². The van der Waals surface area contributed by atoms with Gasteiger partial charge in [0.2, 0.25) is 0 Å². The number of aliphatic hydroxyl groups excluding tert-OH is 1. The van der Waals surface area contributed by atoms with Crippen molar-refractivity contribution in [3.05, 3.63) is 23.5 Å². The van der Waals surface area contributed by atoms with Crippen LogP contribution in [0, 0.1) is 5.82 Å². The maximum Gasteiger partial charge on any atom is 0.337 e. The number of aliphatic hydroxyl groups is 1. The van der Waals surface area contributed by atoms with E-state index in [4.69, 9.17) is 15.9 Å². The molecule has 0 atom stereocenters. The summed E-state index contributed by atoms with van der Waals surface area (Å²) >= 11 is 1.04. The second-order valence-electron chi connectivity index (χ2n) is 2.75. The van der Waals surface area contributed by atoms with Gasteiger partial charge in [-0.25, -0.2) is 9.18 Å². The molecule has 0 saturated carbocycles. The summed E-state index contributed by atoms with van der Waals surface area (Å²) in [4.78, 5) is 10.9. The van der Waals surface area contributed by atoms with Crippen LogP contribution >= 0.6 is 11.8 Å². The molecule has 0 saturated heterocycles. The summed E-state index contributed by atoms with van der Waals surface area (Å²) in [6, 6.07) is 2.15. The minimum atomic E-state index is -1.20. The normalized spacial score (nSPS) is 10.3. The van der Waals surface area contributed by atoms with Gasteiger partial charge in [0.25, 0.3) is 0 Å². The van der Waals surface area contributed by atoms with Crippen molar-refractivity contribution < 1.29 is 19.4 Å². The van der Waals surface area contributed by atoms with E-state index in [0.717, 1.165) is 17.8 Å². The molecule has 4 N–H and O–H groups in total. The Morgan fingerprint density at radius 1 is 1.53 bits per heavy atom. The zero-order valence-corrected chi connectivity index (χ0v) is 8.55. The van der Waals surface area contributed by atoms with Crippen LogP contribution in [0.3, 0.4) is 0 Å². The van der Waals surface area contributed by atoms with Crippen molar-refractivity contribution in [2.45, 2.75) is 4.90 Å². The molecule has 0 unspecified atom stereocenters. The number of thioether (sulfide) groups is 1. The molecule has 0 aliphatic carbocycles. The monoisotopic (exact) mass is 231 g/mol. The molecule has 82 valence electrons. The molecule has 4 nitrogen and oxygen atoms in total. The largest absolute Gasteiger partial charge is 0.478 e. The van der Waals surface area contributed by atoms with Gasteiger partial charge >= 0.3 is 5.97 Å². The molecule has 0 amide bonds. The van der Waals surface area contributed by atoms with Crippen molar-refractivity contribution in [1.29, 1.82) is 0 Å². The molecule has 0 radical (unpaired) electrons. The zero-order chi connectivity index (χ0) is 11.4. The maximum absolute atomic E-state index is 13.2. The van der Waals surface area contributed by atoms with Gasteiger partial charge in [0.05, 0.1) is 12.2 Å². The Hall–Kier alpha value is -1.27. The van der Waals surface area contributed by atoms with Gasteiger partial charge in [0, 0.05) is 16.3 Å². The van der Waals surface area contributed by atoms with E-state index in [2.05, 4.69) is 0 Å². The van der Waals surface area contributed by atoms with Gasteiger partial charge in [-0.15, -0.1) is 11.8 Å². The number of carboxylic acids is 1. The number of nitrogens with two attached hydrogens (primary N) is 1. The summed E-state index contributed by atoms with van der Waals surface area (Å²) < 4.78 is 13.2. The van der Waals surface area contributed by atoms with E-state index in [0.29, 0.717) is 5.75 Å². The van der Waals surface area contributed by atoms with Gasteiger partial charge in [0.15, 0.2) is 0 Å². The quantitative estimate of drug-likeness (QED) is 0.535. The molecule has 15 heavy (non-hydrogen) atoms. The molecule has 6 heteroatoms. The third kappa shape index (κ3) is 2.84. The first-order chi connectivity index (χ1) is 7.06. The number of halogens is 1. The van der Waals surface area contributed by atoms with Gasteiger partial charge in [-0.05, 0) is 12.1 Å². The fraction of sp³-hybridized carbons (Fsp3) is 0.222. The summed E-state index contributed by atoms with van der Waals surface area (Å²) in [5, 5.41) is 17.3. The number of rotatable bonds is 4. The van der Waals surface area contributed by atoms with Crippen LogP contribution in [0.1, 0.15) is 10.4 Å². The molecule has 0 spiro atoms. The number of hydrogen-bond donors (Lipinski definition) is 3.